The maximum atomic E-state index is 5.39. The molecule has 0 radical (unpaired) electrons. The Morgan fingerprint density at radius 1 is 1.25 bits per heavy atom. The van der Waals surface area contributed by atoms with Gasteiger partial charge in [0.2, 0.25) is 5.62 Å². The molecule has 2 atom stereocenters. The van der Waals surface area contributed by atoms with Crippen LogP contribution in [0.3, 0.4) is 0 Å². The van der Waals surface area contributed by atoms with Gasteiger partial charge in [-0.3, -0.25) is 0 Å². The molecule has 0 unspecified atom stereocenters. The Labute approximate surface area is 76.9 Å². The summed E-state index contributed by atoms with van der Waals surface area (Å²) >= 11 is 4.06. The normalized spacial score (nSPS) is 29.1. The molecule has 1 aliphatic heterocycles. The summed E-state index contributed by atoms with van der Waals surface area (Å²) in [5.41, 5.74) is 0.782. The molecule has 0 aromatic heterocycles. The van der Waals surface area contributed by atoms with Crippen LogP contribution in [0.5, 0.6) is 0 Å². The van der Waals surface area contributed by atoms with Crippen molar-refractivity contribution in [1.82, 2.24) is 0 Å². The molecule has 3 heteroatoms. The van der Waals surface area contributed by atoms with E-state index in [0.717, 1.165) is 5.56 Å². The number of hydrogen-bond acceptors (Lipinski definition) is 3. The molecule has 1 aromatic rings. The molecular formula is C9H10O2S. The Hall–Kier alpha value is -0.510. The molecule has 0 N–H and O–H groups in total. The summed E-state index contributed by atoms with van der Waals surface area (Å²) in [6.45, 7) is 0.595. The molecule has 0 amide bonds. The van der Waals surface area contributed by atoms with Crippen LogP contribution in [0.2, 0.25) is 0 Å². The van der Waals surface area contributed by atoms with E-state index in [4.69, 9.17) is 9.47 Å². The molecular weight excluding hydrogens is 172 g/mol. The monoisotopic (exact) mass is 182 g/mol. The molecule has 0 saturated carbocycles. The van der Waals surface area contributed by atoms with Crippen LogP contribution in [-0.2, 0) is 9.47 Å². The standard InChI is InChI=1S/C9H10O2S/c12-9-10-6-8(11-9)7-4-2-1-3-5-7/h1-5,8-9,12H,6H2/t8-,9-/m0/s1. The zero-order valence-electron chi connectivity index (χ0n) is 6.51. The molecule has 1 heterocycles. The molecule has 64 valence electrons. The highest BCUT2D eigenvalue weighted by Gasteiger charge is 2.23. The van der Waals surface area contributed by atoms with Crippen LogP contribution in [0.25, 0.3) is 0 Å². The van der Waals surface area contributed by atoms with E-state index in [2.05, 4.69) is 12.6 Å². The highest BCUT2D eigenvalue weighted by Crippen LogP contribution is 2.27. The Balaban J connectivity index is 2.11. The molecule has 1 saturated heterocycles. The number of ether oxygens (including phenoxy) is 2. The SMILES string of the molecule is S[C@H]1OC[C@@H](c2ccccc2)O1. The average Bonchev–Trinajstić information content (AvgIpc) is 2.54. The average molecular weight is 182 g/mol. The van der Waals surface area contributed by atoms with Crippen LogP contribution in [-0.4, -0.2) is 12.2 Å². The van der Waals surface area contributed by atoms with E-state index >= 15 is 0 Å². The van der Waals surface area contributed by atoms with Crippen LogP contribution in [0.4, 0.5) is 0 Å². The van der Waals surface area contributed by atoms with Gasteiger partial charge in [0.15, 0.2) is 0 Å². The Morgan fingerprint density at radius 3 is 2.58 bits per heavy atom. The zero-order valence-corrected chi connectivity index (χ0v) is 7.41. The first kappa shape index (κ1) is 8.10. The first-order chi connectivity index (χ1) is 5.86. The van der Waals surface area contributed by atoms with Gasteiger partial charge in [-0.25, -0.2) is 0 Å². The maximum Gasteiger partial charge on any atom is 0.204 e. The van der Waals surface area contributed by atoms with Crippen LogP contribution < -0.4 is 0 Å². The summed E-state index contributed by atoms with van der Waals surface area (Å²) in [5.74, 6) is 0. The second kappa shape index (κ2) is 3.47. The van der Waals surface area contributed by atoms with E-state index in [0.29, 0.717) is 6.61 Å². The topological polar surface area (TPSA) is 18.5 Å². The van der Waals surface area contributed by atoms with Crippen LogP contribution in [0.15, 0.2) is 30.3 Å². The highest BCUT2D eigenvalue weighted by molar-refractivity contribution is 7.80. The molecule has 0 bridgehead atoms. The lowest BCUT2D eigenvalue weighted by Gasteiger charge is -2.07. The van der Waals surface area contributed by atoms with Gasteiger partial charge in [0.1, 0.15) is 6.10 Å². The third-order valence-electron chi connectivity index (χ3n) is 1.84. The lowest BCUT2D eigenvalue weighted by molar-refractivity contribution is 0.0158. The predicted octanol–water partition coefficient (Wildman–Crippen LogP) is 1.99. The quantitative estimate of drug-likeness (QED) is 0.669. The molecule has 0 spiro atoms. The van der Waals surface area contributed by atoms with E-state index in [1.165, 1.54) is 0 Å². The van der Waals surface area contributed by atoms with Crippen LogP contribution in [0.1, 0.15) is 11.7 Å². The minimum atomic E-state index is -0.366. The van der Waals surface area contributed by atoms with Gasteiger partial charge in [-0.2, -0.15) is 0 Å². The summed E-state index contributed by atoms with van der Waals surface area (Å²) in [5, 5.41) is 0. The molecule has 1 fully saturated rings. The summed E-state index contributed by atoms with van der Waals surface area (Å²) < 4.78 is 10.6. The molecule has 1 aromatic carbocycles. The Morgan fingerprint density at radius 2 is 2.00 bits per heavy atom. The van der Waals surface area contributed by atoms with E-state index in [1.54, 1.807) is 0 Å². The van der Waals surface area contributed by atoms with Crippen molar-refractivity contribution < 1.29 is 9.47 Å². The second-order valence-electron chi connectivity index (χ2n) is 2.68. The van der Waals surface area contributed by atoms with Crippen molar-refractivity contribution in [1.29, 1.82) is 0 Å². The first-order valence-corrected chi connectivity index (χ1v) is 4.38. The fraction of sp³-hybridized carbons (Fsp3) is 0.333. The molecule has 0 aliphatic carbocycles. The fourth-order valence-electron chi connectivity index (χ4n) is 1.23. The van der Waals surface area contributed by atoms with Crippen molar-refractivity contribution in [2.24, 2.45) is 0 Å². The molecule has 2 rings (SSSR count). The van der Waals surface area contributed by atoms with Gasteiger partial charge in [0.05, 0.1) is 6.61 Å². The third kappa shape index (κ3) is 1.63. The van der Waals surface area contributed by atoms with Crippen molar-refractivity contribution in [3.63, 3.8) is 0 Å². The minimum absolute atomic E-state index is 0.0497. The largest absolute Gasteiger partial charge is 0.341 e. The predicted molar refractivity (Wildman–Crippen MR) is 49.0 cm³/mol. The van der Waals surface area contributed by atoms with Crippen molar-refractivity contribution in [3.05, 3.63) is 35.9 Å². The van der Waals surface area contributed by atoms with Crippen molar-refractivity contribution >= 4 is 12.6 Å². The second-order valence-corrected chi connectivity index (χ2v) is 3.10. The van der Waals surface area contributed by atoms with Gasteiger partial charge >= 0.3 is 0 Å². The summed E-state index contributed by atoms with van der Waals surface area (Å²) in [6, 6.07) is 10.0. The lowest BCUT2D eigenvalue weighted by atomic mass is 10.1. The smallest absolute Gasteiger partial charge is 0.204 e. The maximum absolute atomic E-state index is 5.39. The zero-order chi connectivity index (χ0) is 8.39. The summed E-state index contributed by atoms with van der Waals surface area (Å²) in [4.78, 5) is 0. The molecule has 1 aliphatic rings. The minimum Gasteiger partial charge on any atom is -0.341 e. The van der Waals surface area contributed by atoms with E-state index in [-0.39, 0.29) is 11.7 Å². The highest BCUT2D eigenvalue weighted by atomic mass is 32.1. The Bertz CT molecular complexity index is 250. The van der Waals surface area contributed by atoms with Gasteiger partial charge in [-0.15, -0.1) is 12.6 Å². The molecule has 12 heavy (non-hydrogen) atoms. The number of benzene rings is 1. The summed E-state index contributed by atoms with van der Waals surface area (Å²) in [6.07, 6.45) is 0.0497. The number of hydrogen-bond donors (Lipinski definition) is 1. The third-order valence-corrected chi connectivity index (χ3v) is 2.11. The van der Waals surface area contributed by atoms with Gasteiger partial charge in [0.25, 0.3) is 0 Å². The van der Waals surface area contributed by atoms with E-state index < -0.39 is 0 Å². The number of thiol groups is 1. The van der Waals surface area contributed by atoms with Crippen molar-refractivity contribution in [2.45, 2.75) is 11.7 Å². The van der Waals surface area contributed by atoms with Gasteiger partial charge in [-0.05, 0) is 5.56 Å². The van der Waals surface area contributed by atoms with Gasteiger partial charge < -0.3 is 9.47 Å². The molecule has 2 nitrogen and oxygen atoms in total. The fourth-order valence-corrected chi connectivity index (χ4v) is 1.46. The van der Waals surface area contributed by atoms with Gasteiger partial charge in [0, 0.05) is 0 Å². The van der Waals surface area contributed by atoms with Crippen molar-refractivity contribution in [3.8, 4) is 0 Å². The van der Waals surface area contributed by atoms with Crippen LogP contribution >= 0.6 is 12.6 Å². The number of rotatable bonds is 1. The van der Waals surface area contributed by atoms with E-state index in [1.807, 2.05) is 30.3 Å². The first-order valence-electron chi connectivity index (χ1n) is 3.86. The lowest BCUT2D eigenvalue weighted by Crippen LogP contribution is -2.00. The summed E-state index contributed by atoms with van der Waals surface area (Å²) in [7, 11) is 0. The Kier molecular flexibility index (Phi) is 2.35. The van der Waals surface area contributed by atoms with Crippen molar-refractivity contribution in [2.75, 3.05) is 6.61 Å². The van der Waals surface area contributed by atoms with Gasteiger partial charge in [-0.1, -0.05) is 30.3 Å². The van der Waals surface area contributed by atoms with Crippen LogP contribution in [0, 0.1) is 0 Å². The van der Waals surface area contributed by atoms with E-state index in [9.17, 15) is 0 Å².